The number of aliphatic hydroxyl groups is 1. The van der Waals surface area contributed by atoms with Crippen molar-refractivity contribution >= 4 is 21.4 Å². The third-order valence-corrected chi connectivity index (χ3v) is 6.45. The van der Waals surface area contributed by atoms with Gasteiger partial charge in [0.25, 0.3) is 0 Å². The predicted molar refractivity (Wildman–Crippen MR) is 92.4 cm³/mol. The first-order valence-corrected chi connectivity index (χ1v) is 9.74. The van der Waals surface area contributed by atoms with Gasteiger partial charge in [-0.3, -0.25) is 0 Å². The molecule has 0 bridgehead atoms. The Morgan fingerprint density at radius 1 is 1.32 bits per heavy atom. The highest BCUT2D eigenvalue weighted by Gasteiger charge is 2.35. The lowest BCUT2D eigenvalue weighted by Gasteiger charge is -2.26. The monoisotopic (exact) mass is 381 g/mol. The lowest BCUT2D eigenvalue weighted by Crippen LogP contribution is -2.41. The molecular formula is C17H16FNO4S2. The van der Waals surface area contributed by atoms with Crippen molar-refractivity contribution < 1.29 is 22.3 Å². The van der Waals surface area contributed by atoms with Crippen LogP contribution in [0.1, 0.15) is 16.0 Å². The Morgan fingerprint density at radius 2 is 2.12 bits per heavy atom. The van der Waals surface area contributed by atoms with E-state index in [4.69, 9.17) is 4.42 Å². The second-order valence-corrected chi connectivity index (χ2v) is 8.27. The first-order valence-electron chi connectivity index (χ1n) is 7.38. The molecule has 132 valence electrons. The van der Waals surface area contributed by atoms with Crippen molar-refractivity contribution in [1.29, 1.82) is 0 Å². The number of benzene rings is 1. The maximum Gasteiger partial charge on any atom is 0.240 e. The van der Waals surface area contributed by atoms with Gasteiger partial charge >= 0.3 is 0 Å². The Kier molecular flexibility index (Phi) is 4.79. The van der Waals surface area contributed by atoms with E-state index in [1.807, 2.05) is 0 Å². The Bertz CT molecular complexity index is 916. The van der Waals surface area contributed by atoms with Gasteiger partial charge in [-0.15, -0.1) is 11.3 Å². The molecule has 2 heterocycles. The highest BCUT2D eigenvalue weighted by molar-refractivity contribution is 7.89. The Labute approximate surface area is 148 Å². The van der Waals surface area contributed by atoms with Crippen molar-refractivity contribution in [2.24, 2.45) is 0 Å². The second-order valence-electron chi connectivity index (χ2n) is 5.58. The van der Waals surface area contributed by atoms with Crippen molar-refractivity contribution in [3.05, 3.63) is 76.1 Å². The standard InChI is InChI=1S/C17H16FNO4S2/c1-12-9-14(18)4-5-15(12)25(21,22)19-11-17(20,13-6-7-23-10-13)16-3-2-8-24-16/h2-10,19-20H,11H2,1H3/t17-/m1/s1. The van der Waals surface area contributed by atoms with Crippen molar-refractivity contribution in [2.75, 3.05) is 6.54 Å². The molecular weight excluding hydrogens is 365 g/mol. The van der Waals surface area contributed by atoms with Gasteiger partial charge in [0, 0.05) is 17.0 Å². The molecule has 2 N–H and O–H groups in total. The van der Waals surface area contributed by atoms with Crippen molar-refractivity contribution in [3.8, 4) is 0 Å². The number of rotatable bonds is 6. The number of thiophene rings is 1. The zero-order chi connectivity index (χ0) is 18.1. The summed E-state index contributed by atoms with van der Waals surface area (Å²) >= 11 is 1.30. The van der Waals surface area contributed by atoms with E-state index in [1.54, 1.807) is 23.6 Å². The molecule has 0 unspecified atom stereocenters. The summed E-state index contributed by atoms with van der Waals surface area (Å²) in [4.78, 5) is 0.544. The molecule has 5 nitrogen and oxygen atoms in total. The molecule has 1 atom stereocenters. The van der Waals surface area contributed by atoms with Crippen LogP contribution in [-0.2, 0) is 15.6 Å². The van der Waals surface area contributed by atoms with Crippen LogP contribution in [0.15, 0.2) is 63.6 Å². The van der Waals surface area contributed by atoms with Crippen LogP contribution in [0.25, 0.3) is 0 Å². The third-order valence-electron chi connectivity index (χ3n) is 3.87. The van der Waals surface area contributed by atoms with E-state index in [0.717, 1.165) is 12.1 Å². The number of furan rings is 1. The molecule has 2 aromatic heterocycles. The summed E-state index contributed by atoms with van der Waals surface area (Å²) in [5.74, 6) is -0.509. The molecule has 0 aliphatic rings. The molecule has 1 aromatic carbocycles. The van der Waals surface area contributed by atoms with Crippen LogP contribution < -0.4 is 4.72 Å². The van der Waals surface area contributed by atoms with Crippen LogP contribution >= 0.6 is 11.3 Å². The zero-order valence-electron chi connectivity index (χ0n) is 13.3. The van der Waals surface area contributed by atoms with Crippen molar-refractivity contribution in [3.63, 3.8) is 0 Å². The highest BCUT2D eigenvalue weighted by atomic mass is 32.2. The van der Waals surface area contributed by atoms with E-state index in [-0.39, 0.29) is 17.0 Å². The summed E-state index contributed by atoms with van der Waals surface area (Å²) in [6.45, 7) is 1.23. The Morgan fingerprint density at radius 3 is 2.72 bits per heavy atom. The van der Waals surface area contributed by atoms with Gasteiger partial charge in [0.1, 0.15) is 11.4 Å². The molecule has 0 saturated carbocycles. The quantitative estimate of drug-likeness (QED) is 0.688. The summed E-state index contributed by atoms with van der Waals surface area (Å²) < 4.78 is 45.8. The summed E-state index contributed by atoms with van der Waals surface area (Å²) in [7, 11) is -3.93. The number of hydrogen-bond acceptors (Lipinski definition) is 5. The summed E-state index contributed by atoms with van der Waals surface area (Å²) in [6, 6.07) is 8.50. The lowest BCUT2D eigenvalue weighted by atomic mass is 9.95. The maximum absolute atomic E-state index is 13.2. The van der Waals surface area contributed by atoms with Crippen LogP contribution in [0.5, 0.6) is 0 Å². The van der Waals surface area contributed by atoms with E-state index in [0.29, 0.717) is 10.4 Å². The number of hydrogen-bond donors (Lipinski definition) is 2. The number of sulfonamides is 1. The van der Waals surface area contributed by atoms with Gasteiger partial charge in [0.15, 0.2) is 0 Å². The number of nitrogens with one attached hydrogen (secondary N) is 1. The van der Waals surface area contributed by atoms with Crippen LogP contribution in [0.2, 0.25) is 0 Å². The molecule has 0 fully saturated rings. The third kappa shape index (κ3) is 3.52. The van der Waals surface area contributed by atoms with Crippen LogP contribution in [-0.4, -0.2) is 20.1 Å². The van der Waals surface area contributed by atoms with Gasteiger partial charge in [0.05, 0.1) is 17.4 Å². The van der Waals surface area contributed by atoms with Crippen molar-refractivity contribution in [1.82, 2.24) is 4.72 Å². The highest BCUT2D eigenvalue weighted by Crippen LogP contribution is 2.33. The van der Waals surface area contributed by atoms with Gasteiger partial charge in [-0.2, -0.15) is 0 Å². The maximum atomic E-state index is 13.2. The predicted octanol–water partition coefficient (Wildman–Crippen LogP) is 3.00. The topological polar surface area (TPSA) is 79.5 Å². The molecule has 0 aliphatic heterocycles. The molecule has 3 aromatic rings. The number of aryl methyl sites for hydroxylation is 1. The minimum Gasteiger partial charge on any atom is -0.472 e. The molecule has 8 heteroatoms. The fourth-order valence-corrected chi connectivity index (χ4v) is 4.67. The molecule has 25 heavy (non-hydrogen) atoms. The Hall–Kier alpha value is -2.00. The largest absolute Gasteiger partial charge is 0.472 e. The first kappa shape index (κ1) is 17.8. The van der Waals surface area contributed by atoms with E-state index in [9.17, 15) is 17.9 Å². The zero-order valence-corrected chi connectivity index (χ0v) is 14.9. The fraction of sp³-hybridized carbons (Fsp3) is 0.176. The molecule has 0 aliphatic carbocycles. The molecule has 0 amide bonds. The summed E-state index contributed by atoms with van der Waals surface area (Å²) in [6.07, 6.45) is 2.78. The molecule has 0 spiro atoms. The van der Waals surface area contributed by atoms with Crippen LogP contribution in [0, 0.1) is 12.7 Å². The number of halogens is 1. The lowest BCUT2D eigenvalue weighted by molar-refractivity contribution is 0.0891. The average Bonchev–Trinajstić information content (AvgIpc) is 3.26. The molecule has 0 saturated heterocycles. The summed E-state index contributed by atoms with van der Waals surface area (Å²) in [5, 5.41) is 12.9. The van der Waals surface area contributed by atoms with Crippen LogP contribution in [0.4, 0.5) is 4.39 Å². The van der Waals surface area contributed by atoms with Crippen molar-refractivity contribution in [2.45, 2.75) is 17.4 Å². The molecule has 3 rings (SSSR count). The van der Waals surface area contributed by atoms with Gasteiger partial charge in [-0.1, -0.05) is 6.07 Å². The van der Waals surface area contributed by atoms with E-state index >= 15 is 0 Å². The summed E-state index contributed by atoms with van der Waals surface area (Å²) in [5.41, 5.74) is -0.841. The minimum atomic E-state index is -3.93. The van der Waals surface area contributed by atoms with Gasteiger partial charge in [-0.05, 0) is 48.2 Å². The van der Waals surface area contributed by atoms with E-state index in [1.165, 1.54) is 36.9 Å². The Balaban J connectivity index is 1.91. The SMILES string of the molecule is Cc1cc(F)ccc1S(=O)(=O)NC[C@@](O)(c1ccoc1)c1cccs1. The van der Waals surface area contributed by atoms with E-state index in [2.05, 4.69) is 4.72 Å². The van der Waals surface area contributed by atoms with Gasteiger partial charge in [-0.25, -0.2) is 17.5 Å². The van der Waals surface area contributed by atoms with E-state index < -0.39 is 21.4 Å². The fourth-order valence-electron chi connectivity index (χ4n) is 2.54. The smallest absolute Gasteiger partial charge is 0.240 e. The first-order chi connectivity index (χ1) is 11.8. The second kappa shape index (κ2) is 6.72. The van der Waals surface area contributed by atoms with Crippen LogP contribution in [0.3, 0.4) is 0 Å². The van der Waals surface area contributed by atoms with Gasteiger partial charge in [0.2, 0.25) is 10.0 Å². The minimum absolute atomic E-state index is 0.0328. The molecule has 0 radical (unpaired) electrons. The average molecular weight is 381 g/mol. The normalized spacial score (nSPS) is 14.4. The van der Waals surface area contributed by atoms with Gasteiger partial charge < -0.3 is 9.52 Å².